The number of amides is 1. The summed E-state index contributed by atoms with van der Waals surface area (Å²) in [6.45, 7) is 0.194. The molecule has 1 aromatic carbocycles. The number of halogens is 2. The van der Waals surface area contributed by atoms with Gasteiger partial charge in [0.25, 0.3) is 0 Å². The maximum atomic E-state index is 13.8. The smallest absolute Gasteiger partial charge is 0.221 e. The van der Waals surface area contributed by atoms with Gasteiger partial charge in [0, 0.05) is 32.6 Å². The van der Waals surface area contributed by atoms with Crippen molar-refractivity contribution in [2.24, 2.45) is 5.73 Å². The van der Waals surface area contributed by atoms with Gasteiger partial charge < -0.3 is 16.0 Å². The molecule has 0 fully saturated rings. The number of benzene rings is 1. The monoisotopic (exact) mass is 287 g/mol. The number of anilines is 1. The Hall–Kier alpha value is -1.76. The fourth-order valence-corrected chi connectivity index (χ4v) is 1.70. The van der Waals surface area contributed by atoms with E-state index < -0.39 is 11.6 Å². The second kappa shape index (κ2) is 6.42. The minimum atomic E-state index is -0.762. The van der Waals surface area contributed by atoms with Gasteiger partial charge in [0.15, 0.2) is 0 Å². The molecule has 19 heavy (non-hydrogen) atoms. The zero-order chi connectivity index (χ0) is 14.6. The third-order valence-corrected chi connectivity index (χ3v) is 2.87. The first-order valence-corrected chi connectivity index (χ1v) is 5.98. The SMILES string of the molecule is CNC(=O)CCN(C)c1c(F)cc(C(N)=S)cc1F. The van der Waals surface area contributed by atoms with Gasteiger partial charge in [-0.3, -0.25) is 4.79 Å². The summed E-state index contributed by atoms with van der Waals surface area (Å²) < 4.78 is 27.7. The van der Waals surface area contributed by atoms with Gasteiger partial charge in [0.05, 0.1) is 0 Å². The normalized spacial score (nSPS) is 10.1. The lowest BCUT2D eigenvalue weighted by Crippen LogP contribution is -2.27. The van der Waals surface area contributed by atoms with Crippen LogP contribution >= 0.6 is 12.2 Å². The van der Waals surface area contributed by atoms with Crippen LogP contribution in [0.25, 0.3) is 0 Å². The van der Waals surface area contributed by atoms with E-state index in [-0.39, 0.29) is 35.1 Å². The first-order chi connectivity index (χ1) is 8.86. The topological polar surface area (TPSA) is 58.4 Å². The largest absolute Gasteiger partial charge is 0.389 e. The van der Waals surface area contributed by atoms with Crippen LogP contribution in [0.15, 0.2) is 12.1 Å². The van der Waals surface area contributed by atoms with Crippen LogP contribution in [0.3, 0.4) is 0 Å². The van der Waals surface area contributed by atoms with Crippen molar-refractivity contribution in [3.8, 4) is 0 Å². The van der Waals surface area contributed by atoms with E-state index in [1.165, 1.54) is 19.0 Å². The number of carbonyl (C=O) groups excluding carboxylic acids is 1. The molecule has 104 valence electrons. The molecule has 0 spiro atoms. The van der Waals surface area contributed by atoms with Gasteiger partial charge in [-0.15, -0.1) is 0 Å². The fraction of sp³-hybridized carbons (Fsp3) is 0.333. The molecule has 0 aliphatic heterocycles. The zero-order valence-corrected chi connectivity index (χ0v) is 11.5. The van der Waals surface area contributed by atoms with Crippen LogP contribution in [0.5, 0.6) is 0 Å². The van der Waals surface area contributed by atoms with Crippen molar-refractivity contribution >= 4 is 28.8 Å². The number of nitrogens with two attached hydrogens (primary N) is 1. The van der Waals surface area contributed by atoms with E-state index in [1.807, 2.05) is 0 Å². The van der Waals surface area contributed by atoms with Gasteiger partial charge in [-0.25, -0.2) is 8.78 Å². The van der Waals surface area contributed by atoms with E-state index in [4.69, 9.17) is 5.73 Å². The number of carbonyl (C=O) groups is 1. The molecule has 1 rings (SSSR count). The first kappa shape index (κ1) is 15.3. The molecule has 0 bridgehead atoms. The first-order valence-electron chi connectivity index (χ1n) is 5.57. The van der Waals surface area contributed by atoms with Crippen LogP contribution in [0, 0.1) is 11.6 Å². The molecule has 0 heterocycles. The van der Waals surface area contributed by atoms with Crippen LogP contribution in [-0.2, 0) is 4.79 Å². The molecule has 0 radical (unpaired) electrons. The van der Waals surface area contributed by atoms with Crippen molar-refractivity contribution in [3.05, 3.63) is 29.3 Å². The molecule has 0 aliphatic rings. The van der Waals surface area contributed by atoms with Gasteiger partial charge in [0.2, 0.25) is 5.91 Å². The second-order valence-electron chi connectivity index (χ2n) is 4.00. The highest BCUT2D eigenvalue weighted by atomic mass is 32.1. The molecule has 1 amide bonds. The summed E-state index contributed by atoms with van der Waals surface area (Å²) in [6, 6.07) is 2.16. The van der Waals surface area contributed by atoms with E-state index in [0.717, 1.165) is 12.1 Å². The van der Waals surface area contributed by atoms with Crippen molar-refractivity contribution in [3.63, 3.8) is 0 Å². The molecular formula is C12H15F2N3OS. The predicted molar refractivity (Wildman–Crippen MR) is 74.2 cm³/mol. The molecule has 0 atom stereocenters. The van der Waals surface area contributed by atoms with Crippen molar-refractivity contribution < 1.29 is 13.6 Å². The third kappa shape index (κ3) is 3.85. The van der Waals surface area contributed by atoms with Gasteiger partial charge >= 0.3 is 0 Å². The molecule has 0 saturated carbocycles. The quantitative estimate of drug-likeness (QED) is 0.798. The number of nitrogens with zero attached hydrogens (tertiary/aromatic N) is 1. The number of rotatable bonds is 5. The summed E-state index contributed by atoms with van der Waals surface area (Å²) in [5.74, 6) is -1.73. The number of hydrogen-bond acceptors (Lipinski definition) is 3. The zero-order valence-electron chi connectivity index (χ0n) is 10.7. The lowest BCUT2D eigenvalue weighted by molar-refractivity contribution is -0.120. The van der Waals surface area contributed by atoms with E-state index >= 15 is 0 Å². The molecule has 0 saturated heterocycles. The van der Waals surface area contributed by atoms with Crippen LogP contribution in [0.4, 0.5) is 14.5 Å². The van der Waals surface area contributed by atoms with Crippen molar-refractivity contribution in [1.29, 1.82) is 0 Å². The molecule has 4 nitrogen and oxygen atoms in total. The van der Waals surface area contributed by atoms with Gasteiger partial charge in [0.1, 0.15) is 22.3 Å². The Labute approximate surface area is 115 Å². The van der Waals surface area contributed by atoms with Crippen LogP contribution in [0.1, 0.15) is 12.0 Å². The maximum Gasteiger partial charge on any atom is 0.221 e. The van der Waals surface area contributed by atoms with E-state index in [2.05, 4.69) is 17.5 Å². The average Bonchev–Trinajstić information content (AvgIpc) is 2.34. The Bertz CT molecular complexity index is 485. The van der Waals surface area contributed by atoms with E-state index in [9.17, 15) is 13.6 Å². The van der Waals surface area contributed by atoms with Crippen LogP contribution < -0.4 is 16.0 Å². The highest BCUT2D eigenvalue weighted by Gasteiger charge is 2.16. The highest BCUT2D eigenvalue weighted by molar-refractivity contribution is 7.80. The Morgan fingerprint density at radius 2 is 1.95 bits per heavy atom. The Balaban J connectivity index is 2.94. The van der Waals surface area contributed by atoms with E-state index in [1.54, 1.807) is 0 Å². The van der Waals surface area contributed by atoms with Crippen molar-refractivity contribution in [1.82, 2.24) is 5.32 Å². The van der Waals surface area contributed by atoms with Gasteiger partial charge in [-0.1, -0.05) is 12.2 Å². The molecular weight excluding hydrogens is 272 g/mol. The van der Waals surface area contributed by atoms with Crippen molar-refractivity contribution in [2.75, 3.05) is 25.5 Å². The average molecular weight is 287 g/mol. The van der Waals surface area contributed by atoms with E-state index in [0.29, 0.717) is 0 Å². The lowest BCUT2D eigenvalue weighted by Gasteiger charge is -2.20. The van der Waals surface area contributed by atoms with Crippen LogP contribution in [-0.4, -0.2) is 31.5 Å². The molecule has 0 unspecified atom stereocenters. The highest BCUT2D eigenvalue weighted by Crippen LogP contribution is 2.24. The Morgan fingerprint density at radius 3 is 2.37 bits per heavy atom. The standard InChI is InChI=1S/C12H15F2N3OS/c1-16-10(18)3-4-17(2)11-8(13)5-7(12(15)19)6-9(11)14/h5-6H,3-4H2,1-2H3,(H2,15,19)(H,16,18). The Kier molecular flexibility index (Phi) is 5.17. The molecule has 0 aliphatic carbocycles. The minimum absolute atomic E-state index is 0.0719. The summed E-state index contributed by atoms with van der Waals surface area (Å²) >= 11 is 4.67. The van der Waals surface area contributed by atoms with Crippen LogP contribution in [0.2, 0.25) is 0 Å². The summed E-state index contributed by atoms with van der Waals surface area (Å²) in [7, 11) is 3.01. The number of hydrogen-bond donors (Lipinski definition) is 2. The lowest BCUT2D eigenvalue weighted by atomic mass is 10.1. The number of nitrogens with one attached hydrogen (secondary N) is 1. The third-order valence-electron chi connectivity index (χ3n) is 2.64. The van der Waals surface area contributed by atoms with Crippen molar-refractivity contribution in [2.45, 2.75) is 6.42 Å². The predicted octanol–water partition coefficient (Wildman–Crippen LogP) is 1.17. The summed E-state index contributed by atoms with van der Waals surface area (Å²) in [6.07, 6.45) is 0.142. The summed E-state index contributed by atoms with van der Waals surface area (Å²) in [4.78, 5) is 12.4. The molecule has 7 heteroatoms. The minimum Gasteiger partial charge on any atom is -0.389 e. The second-order valence-corrected chi connectivity index (χ2v) is 4.44. The molecule has 1 aromatic rings. The van der Waals surface area contributed by atoms with Gasteiger partial charge in [-0.2, -0.15) is 0 Å². The maximum absolute atomic E-state index is 13.8. The number of thiocarbonyl (C=S) groups is 1. The fourth-order valence-electron chi connectivity index (χ4n) is 1.58. The molecule has 3 N–H and O–H groups in total. The van der Waals surface area contributed by atoms with Gasteiger partial charge in [-0.05, 0) is 12.1 Å². The summed E-state index contributed by atoms with van der Waals surface area (Å²) in [5, 5.41) is 2.44. The summed E-state index contributed by atoms with van der Waals surface area (Å²) in [5.41, 5.74) is 5.25. The molecule has 0 aromatic heterocycles. The Morgan fingerprint density at radius 1 is 1.42 bits per heavy atom.